The van der Waals surface area contributed by atoms with E-state index in [0.717, 1.165) is 0 Å². The number of aliphatic carboxylic acids is 1. The molecule has 1 aromatic rings. The third kappa shape index (κ3) is 3.18. The van der Waals surface area contributed by atoms with E-state index in [9.17, 15) is 9.59 Å². The van der Waals surface area contributed by atoms with Crippen LogP contribution in [0.1, 0.15) is 10.5 Å². The van der Waals surface area contributed by atoms with Crippen LogP contribution in [0, 0.1) is 0 Å². The zero-order chi connectivity index (χ0) is 12.1. The van der Waals surface area contributed by atoms with Gasteiger partial charge in [0.2, 0.25) is 0 Å². The predicted molar refractivity (Wildman–Crippen MR) is 55.2 cm³/mol. The number of carboxylic acid groups (broad SMARTS) is 1. The van der Waals surface area contributed by atoms with Crippen LogP contribution in [0.2, 0.25) is 5.02 Å². The van der Waals surface area contributed by atoms with Crippen LogP contribution < -0.4 is 5.32 Å². The average Bonchev–Trinajstić information content (AvgIpc) is 2.25. The summed E-state index contributed by atoms with van der Waals surface area (Å²) in [5, 5.41) is 19.7. The second-order valence-corrected chi connectivity index (χ2v) is 3.34. The van der Waals surface area contributed by atoms with Crippen LogP contribution in [0.15, 0.2) is 18.3 Å². The molecule has 1 atom stereocenters. The molecule has 86 valence electrons. The molecule has 0 aliphatic rings. The summed E-state index contributed by atoms with van der Waals surface area (Å²) in [6.45, 7) is -0.693. The fraction of sp³-hybridized carbons (Fsp3) is 0.222. The largest absolute Gasteiger partial charge is 0.480 e. The van der Waals surface area contributed by atoms with Gasteiger partial charge in [0.1, 0.15) is 5.69 Å². The number of aliphatic hydroxyl groups is 1. The van der Waals surface area contributed by atoms with E-state index in [0.29, 0.717) is 5.02 Å². The fourth-order valence-corrected chi connectivity index (χ4v) is 1.11. The van der Waals surface area contributed by atoms with Crippen molar-refractivity contribution in [2.75, 3.05) is 6.61 Å². The normalized spacial score (nSPS) is 11.9. The summed E-state index contributed by atoms with van der Waals surface area (Å²) < 4.78 is 0. The highest BCUT2D eigenvalue weighted by molar-refractivity contribution is 6.30. The maximum Gasteiger partial charge on any atom is 0.328 e. The van der Waals surface area contributed by atoms with Crippen LogP contribution in [0.25, 0.3) is 0 Å². The highest BCUT2D eigenvalue weighted by Gasteiger charge is 2.20. The molecule has 0 radical (unpaired) electrons. The van der Waals surface area contributed by atoms with Gasteiger partial charge in [-0.05, 0) is 12.1 Å². The first kappa shape index (κ1) is 12.4. The molecule has 1 heterocycles. The Morgan fingerprint density at radius 1 is 1.56 bits per heavy atom. The van der Waals surface area contributed by atoms with Gasteiger partial charge in [-0.3, -0.25) is 9.78 Å². The molecule has 0 spiro atoms. The fourth-order valence-electron chi connectivity index (χ4n) is 0.947. The van der Waals surface area contributed by atoms with Crippen LogP contribution in [0.5, 0.6) is 0 Å². The molecule has 16 heavy (non-hydrogen) atoms. The molecule has 1 rings (SSSR count). The van der Waals surface area contributed by atoms with Crippen LogP contribution in [0.3, 0.4) is 0 Å². The topological polar surface area (TPSA) is 99.5 Å². The summed E-state index contributed by atoms with van der Waals surface area (Å²) in [7, 11) is 0. The molecule has 0 aliphatic heterocycles. The summed E-state index contributed by atoms with van der Waals surface area (Å²) in [5.41, 5.74) is -0.00722. The van der Waals surface area contributed by atoms with Gasteiger partial charge < -0.3 is 15.5 Å². The Morgan fingerprint density at radius 3 is 2.75 bits per heavy atom. The summed E-state index contributed by atoms with van der Waals surface area (Å²) >= 11 is 5.64. The summed E-state index contributed by atoms with van der Waals surface area (Å²) in [5.74, 6) is -2.03. The van der Waals surface area contributed by atoms with E-state index in [4.69, 9.17) is 21.8 Å². The Hall–Kier alpha value is -1.66. The number of nitrogens with one attached hydrogen (secondary N) is 1. The quantitative estimate of drug-likeness (QED) is 0.687. The summed E-state index contributed by atoms with van der Waals surface area (Å²) in [6, 6.07) is 1.43. The first-order chi connectivity index (χ1) is 7.54. The van der Waals surface area contributed by atoms with Crippen molar-refractivity contribution in [3.8, 4) is 0 Å². The van der Waals surface area contributed by atoms with Gasteiger partial charge in [0.05, 0.1) is 6.61 Å². The lowest BCUT2D eigenvalue weighted by molar-refractivity contribution is -0.140. The van der Waals surface area contributed by atoms with Crippen molar-refractivity contribution in [3.63, 3.8) is 0 Å². The van der Waals surface area contributed by atoms with Crippen molar-refractivity contribution in [3.05, 3.63) is 29.0 Å². The molecule has 0 unspecified atom stereocenters. The molecule has 7 heteroatoms. The first-order valence-electron chi connectivity index (χ1n) is 4.30. The minimum absolute atomic E-state index is 0.00722. The number of carboxylic acids is 1. The zero-order valence-corrected chi connectivity index (χ0v) is 8.81. The standard InChI is InChI=1S/C9H9ClN2O4/c10-5-1-2-11-6(3-5)8(14)12-7(4-13)9(15)16/h1-3,7,13H,4H2,(H,12,14)(H,15,16)/t7-/m1/s1. The van der Waals surface area contributed by atoms with Crippen LogP contribution in [0.4, 0.5) is 0 Å². The number of pyridine rings is 1. The molecule has 3 N–H and O–H groups in total. The van der Waals surface area contributed by atoms with Gasteiger partial charge in [-0.2, -0.15) is 0 Å². The number of nitrogens with zero attached hydrogens (tertiary/aromatic N) is 1. The Kier molecular flexibility index (Phi) is 4.21. The van der Waals surface area contributed by atoms with E-state index in [1.807, 2.05) is 0 Å². The number of carbonyl (C=O) groups excluding carboxylic acids is 1. The lowest BCUT2D eigenvalue weighted by atomic mass is 10.3. The number of halogens is 1. The summed E-state index contributed by atoms with van der Waals surface area (Å²) in [4.78, 5) is 25.7. The Morgan fingerprint density at radius 2 is 2.25 bits per heavy atom. The third-order valence-corrected chi connectivity index (χ3v) is 1.98. The minimum Gasteiger partial charge on any atom is -0.480 e. The van der Waals surface area contributed by atoms with Gasteiger partial charge in [0.15, 0.2) is 6.04 Å². The van der Waals surface area contributed by atoms with Crippen LogP contribution in [-0.2, 0) is 4.79 Å². The molecule has 0 saturated carbocycles. The van der Waals surface area contributed by atoms with Crippen molar-refractivity contribution >= 4 is 23.5 Å². The highest BCUT2D eigenvalue weighted by Crippen LogP contribution is 2.07. The van der Waals surface area contributed by atoms with Gasteiger partial charge in [-0.15, -0.1) is 0 Å². The van der Waals surface area contributed by atoms with E-state index in [1.54, 1.807) is 0 Å². The van der Waals surface area contributed by atoms with Gasteiger partial charge in [0, 0.05) is 11.2 Å². The van der Waals surface area contributed by atoms with Crippen molar-refractivity contribution in [2.24, 2.45) is 0 Å². The van der Waals surface area contributed by atoms with Crippen molar-refractivity contribution in [2.45, 2.75) is 6.04 Å². The first-order valence-corrected chi connectivity index (χ1v) is 4.68. The number of amides is 1. The van der Waals surface area contributed by atoms with Gasteiger partial charge in [0.25, 0.3) is 5.91 Å². The number of aromatic nitrogens is 1. The lowest BCUT2D eigenvalue weighted by Crippen LogP contribution is -2.43. The molecule has 0 aromatic carbocycles. The highest BCUT2D eigenvalue weighted by atomic mass is 35.5. The molecule has 0 bridgehead atoms. The van der Waals surface area contributed by atoms with Crippen molar-refractivity contribution in [1.29, 1.82) is 0 Å². The number of hydrogen-bond acceptors (Lipinski definition) is 4. The third-order valence-electron chi connectivity index (χ3n) is 1.74. The van der Waals surface area contributed by atoms with E-state index in [-0.39, 0.29) is 5.69 Å². The molecule has 0 saturated heterocycles. The van der Waals surface area contributed by atoms with Crippen LogP contribution >= 0.6 is 11.6 Å². The summed E-state index contributed by atoms with van der Waals surface area (Å²) in [6.07, 6.45) is 1.33. The molecule has 0 aliphatic carbocycles. The van der Waals surface area contributed by atoms with Crippen molar-refractivity contribution in [1.82, 2.24) is 10.3 Å². The lowest BCUT2D eigenvalue weighted by Gasteiger charge is -2.10. The number of hydrogen-bond donors (Lipinski definition) is 3. The van der Waals surface area contributed by atoms with Gasteiger partial charge >= 0.3 is 5.97 Å². The Balaban J connectivity index is 2.75. The zero-order valence-electron chi connectivity index (χ0n) is 8.05. The average molecular weight is 245 g/mol. The maximum absolute atomic E-state index is 11.5. The van der Waals surface area contributed by atoms with E-state index in [1.165, 1.54) is 18.3 Å². The maximum atomic E-state index is 11.5. The molecule has 1 amide bonds. The monoisotopic (exact) mass is 244 g/mol. The molecule has 6 nitrogen and oxygen atoms in total. The number of rotatable bonds is 4. The van der Waals surface area contributed by atoms with Crippen LogP contribution in [-0.4, -0.2) is 39.7 Å². The number of aliphatic hydroxyl groups excluding tert-OH is 1. The molecular weight excluding hydrogens is 236 g/mol. The molecule has 0 fully saturated rings. The molecular formula is C9H9ClN2O4. The number of carbonyl (C=O) groups is 2. The van der Waals surface area contributed by atoms with Gasteiger partial charge in [-0.1, -0.05) is 11.6 Å². The van der Waals surface area contributed by atoms with E-state index < -0.39 is 24.5 Å². The van der Waals surface area contributed by atoms with Crippen molar-refractivity contribution < 1.29 is 19.8 Å². The van der Waals surface area contributed by atoms with Gasteiger partial charge in [-0.25, -0.2) is 4.79 Å². The minimum atomic E-state index is -1.35. The van der Waals surface area contributed by atoms with E-state index in [2.05, 4.69) is 10.3 Å². The smallest absolute Gasteiger partial charge is 0.328 e. The van der Waals surface area contributed by atoms with E-state index >= 15 is 0 Å². The Labute approximate surface area is 95.9 Å². The predicted octanol–water partition coefficient (Wildman–Crippen LogP) is -0.0897. The second-order valence-electron chi connectivity index (χ2n) is 2.91. The Bertz CT molecular complexity index is 410. The SMILES string of the molecule is O=C(N[C@H](CO)C(=O)O)c1cc(Cl)ccn1. The second kappa shape index (κ2) is 5.43. The molecule has 1 aromatic heterocycles.